The van der Waals surface area contributed by atoms with E-state index in [-0.39, 0.29) is 22.6 Å². The molecule has 0 aromatic rings. The number of carbonyl (C=O) groups excluding carboxylic acids is 2. The summed E-state index contributed by atoms with van der Waals surface area (Å²) in [5.41, 5.74) is 1.83. The molecule has 3 saturated carbocycles. The highest BCUT2D eigenvalue weighted by Crippen LogP contribution is 2.69. The Morgan fingerprint density at radius 1 is 1.25 bits per heavy atom. The van der Waals surface area contributed by atoms with Crippen LogP contribution in [-0.4, -0.2) is 17.4 Å². The number of hydrogen-bond donors (Lipinski definition) is 0. The third-order valence-corrected chi connectivity index (χ3v) is 9.03. The van der Waals surface area contributed by atoms with Gasteiger partial charge in [-0.15, -0.1) is 0 Å². The fourth-order valence-electron chi connectivity index (χ4n) is 7.42. The van der Waals surface area contributed by atoms with Gasteiger partial charge in [-0.25, -0.2) is 0 Å². The van der Waals surface area contributed by atoms with Gasteiger partial charge in [0, 0.05) is 18.3 Å². The topological polar surface area (TPSA) is 43.4 Å². The lowest BCUT2D eigenvalue weighted by molar-refractivity contribution is -0.172. The molecule has 3 heteroatoms. The molecule has 0 aromatic heterocycles. The highest BCUT2D eigenvalue weighted by Gasteiger charge is 2.65. The molecule has 6 atom stereocenters. The van der Waals surface area contributed by atoms with E-state index in [2.05, 4.69) is 27.0 Å². The summed E-state index contributed by atoms with van der Waals surface area (Å²) in [4.78, 5) is 24.3. The van der Waals surface area contributed by atoms with Gasteiger partial charge >= 0.3 is 5.97 Å². The molecule has 152 valence electrons. The summed E-state index contributed by atoms with van der Waals surface area (Å²) in [6.45, 7) is 15.0. The normalized spacial score (nSPS) is 44.8. The third kappa shape index (κ3) is 2.47. The number of carbonyl (C=O) groups is 2. The predicted octanol–water partition coefficient (Wildman–Crippen LogP) is 5.56. The number of ether oxygens (including phenoxy) is 1. The lowest BCUT2D eigenvalue weighted by atomic mass is 9.45. The summed E-state index contributed by atoms with van der Waals surface area (Å²) >= 11 is 0. The maximum Gasteiger partial charge on any atom is 0.306 e. The van der Waals surface area contributed by atoms with E-state index in [0.29, 0.717) is 30.6 Å². The van der Waals surface area contributed by atoms with Crippen molar-refractivity contribution in [2.45, 2.75) is 77.7 Å². The van der Waals surface area contributed by atoms with E-state index in [9.17, 15) is 9.59 Å². The van der Waals surface area contributed by atoms with E-state index >= 15 is 0 Å². The van der Waals surface area contributed by atoms with Crippen molar-refractivity contribution in [2.24, 2.45) is 28.6 Å². The number of fused-ring (bicyclic) bond motifs is 5. The zero-order valence-corrected chi connectivity index (χ0v) is 17.7. The maximum atomic E-state index is 12.2. The molecular weight excluding hydrogens is 348 g/mol. The Morgan fingerprint density at radius 2 is 1.96 bits per heavy atom. The Hall–Kier alpha value is -1.64. The highest BCUT2D eigenvalue weighted by atomic mass is 16.6. The summed E-state index contributed by atoms with van der Waals surface area (Å²) in [7, 11) is 0. The van der Waals surface area contributed by atoms with Crippen molar-refractivity contribution in [3.63, 3.8) is 0 Å². The van der Waals surface area contributed by atoms with Crippen LogP contribution in [0.1, 0.15) is 72.1 Å². The molecule has 1 unspecified atom stereocenters. The molecule has 0 aromatic carbocycles. The first kappa shape index (κ1) is 19.7. The first-order valence-corrected chi connectivity index (χ1v) is 11.0. The van der Waals surface area contributed by atoms with Crippen molar-refractivity contribution in [2.75, 3.05) is 0 Å². The number of allylic oxidation sites excluding steroid dienone is 2. The van der Waals surface area contributed by atoms with E-state index in [1.807, 2.05) is 19.1 Å². The molecule has 4 aliphatic rings. The smallest absolute Gasteiger partial charge is 0.306 e. The summed E-state index contributed by atoms with van der Waals surface area (Å²) in [5, 5.41) is 0. The van der Waals surface area contributed by atoms with Crippen molar-refractivity contribution in [1.82, 2.24) is 0 Å². The van der Waals surface area contributed by atoms with Crippen LogP contribution in [-0.2, 0) is 14.3 Å². The van der Waals surface area contributed by atoms with Crippen LogP contribution in [0.2, 0.25) is 0 Å². The molecule has 0 amide bonds. The van der Waals surface area contributed by atoms with Gasteiger partial charge in [-0.2, -0.15) is 0 Å². The van der Waals surface area contributed by atoms with E-state index in [1.165, 1.54) is 5.57 Å². The molecule has 28 heavy (non-hydrogen) atoms. The van der Waals surface area contributed by atoms with Gasteiger partial charge in [0.05, 0.1) is 0 Å². The van der Waals surface area contributed by atoms with Crippen molar-refractivity contribution in [1.29, 1.82) is 0 Å². The Bertz CT molecular complexity index is 777. The fraction of sp³-hybridized carbons (Fsp3) is 0.680. The lowest BCUT2D eigenvalue weighted by Gasteiger charge is -2.59. The standard InChI is InChI=1S/C25H34O3/c1-6-22(27)28-25(7-2)13-10-20-18-14-16(3)21-15-17(26)8-11-23(21,4)19(18)9-12-24(20,25)5/h7,15,18-20H,2-3,6,8-14H2,1,4-5H3/t18-,19-,20+,23-,24+,25?/m1/s1. The van der Waals surface area contributed by atoms with Gasteiger partial charge in [-0.05, 0) is 79.4 Å². The molecule has 3 nitrogen and oxygen atoms in total. The molecule has 0 bridgehead atoms. The second kappa shape index (κ2) is 6.43. The van der Waals surface area contributed by atoms with Crippen LogP contribution in [0.4, 0.5) is 0 Å². The van der Waals surface area contributed by atoms with Gasteiger partial charge in [-0.3, -0.25) is 9.59 Å². The monoisotopic (exact) mass is 382 g/mol. The Morgan fingerprint density at radius 3 is 2.64 bits per heavy atom. The Kier molecular flexibility index (Phi) is 4.52. The van der Waals surface area contributed by atoms with E-state index in [1.54, 1.807) is 0 Å². The summed E-state index contributed by atoms with van der Waals surface area (Å²) in [6.07, 6.45) is 10.9. The average Bonchev–Trinajstić information content (AvgIpc) is 2.96. The van der Waals surface area contributed by atoms with Crippen LogP contribution >= 0.6 is 0 Å². The maximum absolute atomic E-state index is 12.2. The molecule has 4 aliphatic carbocycles. The summed E-state index contributed by atoms with van der Waals surface area (Å²) < 4.78 is 6.09. The quantitative estimate of drug-likeness (QED) is 0.474. The summed E-state index contributed by atoms with van der Waals surface area (Å²) in [6, 6.07) is 0. The second-order valence-electron chi connectivity index (χ2n) is 10.0. The van der Waals surface area contributed by atoms with Crippen molar-refractivity contribution < 1.29 is 14.3 Å². The largest absolute Gasteiger partial charge is 0.454 e. The number of ketones is 1. The van der Waals surface area contributed by atoms with Crippen LogP contribution in [0.5, 0.6) is 0 Å². The van der Waals surface area contributed by atoms with Crippen LogP contribution in [0.15, 0.2) is 36.5 Å². The summed E-state index contributed by atoms with van der Waals surface area (Å²) in [5.74, 6) is 1.76. The van der Waals surface area contributed by atoms with Crippen LogP contribution in [0.3, 0.4) is 0 Å². The second-order valence-corrected chi connectivity index (χ2v) is 10.0. The molecule has 0 aliphatic heterocycles. The molecular formula is C25H34O3. The molecule has 0 spiro atoms. The zero-order valence-electron chi connectivity index (χ0n) is 17.7. The SMILES string of the molecule is C=CC1(OC(=O)CC)CC[C@H]2[C@@H]3CC(=C)C4=CC(=O)CC[C@]4(C)[C@@H]3CC[C@@]21C. The molecule has 0 radical (unpaired) electrons. The minimum atomic E-state index is -0.545. The highest BCUT2D eigenvalue weighted by molar-refractivity contribution is 5.92. The number of rotatable bonds is 3. The molecule has 0 saturated heterocycles. The van der Waals surface area contributed by atoms with Crippen molar-refractivity contribution >= 4 is 11.8 Å². The third-order valence-electron chi connectivity index (χ3n) is 9.03. The number of hydrogen-bond acceptors (Lipinski definition) is 3. The molecule has 3 fully saturated rings. The van der Waals surface area contributed by atoms with E-state index in [0.717, 1.165) is 44.1 Å². The van der Waals surface area contributed by atoms with E-state index in [4.69, 9.17) is 4.74 Å². The molecule has 4 rings (SSSR count). The van der Waals surface area contributed by atoms with Gasteiger partial charge in [0.15, 0.2) is 5.78 Å². The first-order chi connectivity index (χ1) is 13.2. The van der Waals surface area contributed by atoms with Gasteiger partial charge in [0.1, 0.15) is 5.60 Å². The number of esters is 1. The van der Waals surface area contributed by atoms with Gasteiger partial charge in [0.2, 0.25) is 0 Å². The van der Waals surface area contributed by atoms with Gasteiger partial charge in [0.25, 0.3) is 0 Å². The molecule has 0 N–H and O–H groups in total. The molecule has 0 heterocycles. The minimum Gasteiger partial charge on any atom is -0.454 e. The van der Waals surface area contributed by atoms with Crippen molar-refractivity contribution in [3.8, 4) is 0 Å². The van der Waals surface area contributed by atoms with Gasteiger partial charge in [-0.1, -0.05) is 39.5 Å². The van der Waals surface area contributed by atoms with E-state index < -0.39 is 5.60 Å². The Balaban J connectivity index is 1.71. The van der Waals surface area contributed by atoms with Gasteiger partial charge < -0.3 is 4.74 Å². The van der Waals surface area contributed by atoms with Crippen molar-refractivity contribution in [3.05, 3.63) is 36.5 Å². The lowest BCUT2D eigenvalue weighted by Crippen LogP contribution is -2.55. The predicted molar refractivity (Wildman–Crippen MR) is 111 cm³/mol. The average molecular weight is 383 g/mol. The minimum absolute atomic E-state index is 0.0643. The zero-order chi connectivity index (χ0) is 20.3. The van der Waals surface area contributed by atoms with Crippen LogP contribution in [0, 0.1) is 28.6 Å². The van der Waals surface area contributed by atoms with Crippen LogP contribution in [0.25, 0.3) is 0 Å². The Labute approximate surface area is 169 Å². The van der Waals surface area contributed by atoms with Crippen LogP contribution < -0.4 is 0 Å². The fourth-order valence-corrected chi connectivity index (χ4v) is 7.42. The first-order valence-electron chi connectivity index (χ1n) is 11.0.